The molecule has 0 aliphatic carbocycles. The summed E-state index contributed by atoms with van der Waals surface area (Å²) >= 11 is 0. The van der Waals surface area contributed by atoms with Crippen molar-refractivity contribution in [2.24, 2.45) is 0 Å². The van der Waals surface area contributed by atoms with E-state index in [1.807, 2.05) is 0 Å². The van der Waals surface area contributed by atoms with Gasteiger partial charge >= 0.3 is 5.65 Å². The minimum absolute atomic E-state index is 0.227. The number of pyridine rings is 1. The summed E-state index contributed by atoms with van der Waals surface area (Å²) in [7, 11) is 0. The Morgan fingerprint density at radius 2 is 2.36 bits per heavy atom. The highest BCUT2D eigenvalue weighted by atomic mass is 16.8. The van der Waals surface area contributed by atoms with Crippen LogP contribution in [-0.2, 0) is 0 Å². The second-order valence-electron chi connectivity index (χ2n) is 2.23. The smallest absolute Gasteiger partial charge is 0.342 e. The average molecular weight is 151 g/mol. The van der Waals surface area contributed by atoms with Gasteiger partial charge in [0.15, 0.2) is 0 Å². The van der Waals surface area contributed by atoms with Crippen LogP contribution in [0.1, 0.15) is 5.69 Å². The van der Waals surface area contributed by atoms with Gasteiger partial charge in [-0.25, -0.2) is 0 Å². The highest BCUT2D eigenvalue weighted by molar-refractivity contribution is 5.65. The molecule has 0 N–H and O–H groups in total. The van der Waals surface area contributed by atoms with Crippen molar-refractivity contribution in [3.8, 4) is 0 Å². The summed E-state index contributed by atoms with van der Waals surface area (Å²) in [6.07, 6.45) is 0. The van der Waals surface area contributed by atoms with Gasteiger partial charge in [-0.05, 0) is 24.2 Å². The molecular formula is C6H5N3O2. The number of aryl methyl sites for hydroxylation is 1. The molecule has 0 unspecified atom stereocenters. The van der Waals surface area contributed by atoms with Crippen LogP contribution in [0.2, 0.25) is 0 Å². The Morgan fingerprint density at radius 3 is 3.18 bits per heavy atom. The minimum atomic E-state index is 0.227. The van der Waals surface area contributed by atoms with E-state index in [2.05, 4.69) is 14.8 Å². The Balaban J connectivity index is 2.87. The van der Waals surface area contributed by atoms with E-state index in [-0.39, 0.29) is 5.65 Å². The van der Waals surface area contributed by atoms with E-state index in [0.717, 1.165) is 5.69 Å². The summed E-state index contributed by atoms with van der Waals surface area (Å²) < 4.78 is 4.32. The molecule has 2 rings (SSSR count). The fraction of sp³-hybridized carbons (Fsp3) is 0.167. The summed E-state index contributed by atoms with van der Waals surface area (Å²) in [5, 5.41) is 14.2. The van der Waals surface area contributed by atoms with Crippen LogP contribution in [0.3, 0.4) is 0 Å². The molecule has 0 saturated heterocycles. The lowest BCUT2D eigenvalue weighted by molar-refractivity contribution is -0.783. The molecule has 11 heavy (non-hydrogen) atoms. The molecule has 0 fully saturated rings. The molecule has 2 aromatic heterocycles. The van der Waals surface area contributed by atoms with E-state index >= 15 is 0 Å². The molecule has 5 nitrogen and oxygen atoms in total. The number of hydrogen-bond acceptors (Lipinski definition) is 4. The maximum Gasteiger partial charge on any atom is 0.342 e. The Kier molecular flexibility index (Phi) is 1.06. The van der Waals surface area contributed by atoms with Gasteiger partial charge < -0.3 is 9.84 Å². The van der Waals surface area contributed by atoms with Gasteiger partial charge in [0, 0.05) is 0 Å². The first-order valence-electron chi connectivity index (χ1n) is 3.10. The van der Waals surface area contributed by atoms with Gasteiger partial charge in [0.1, 0.15) is 5.69 Å². The molecule has 56 valence electrons. The van der Waals surface area contributed by atoms with Crippen molar-refractivity contribution in [3.05, 3.63) is 23.0 Å². The summed E-state index contributed by atoms with van der Waals surface area (Å²) in [5.74, 6) is 0. The molecule has 2 aromatic rings. The monoisotopic (exact) mass is 151 g/mol. The molecule has 0 bridgehead atoms. The molecule has 0 aliphatic heterocycles. The standard InChI is InChI=1S/C6H5N3O2/c1-4-2-3-5-6(7-4)9(10)11-8-5/h2-3H,1H3. The third-order valence-corrected chi connectivity index (χ3v) is 1.38. The fourth-order valence-corrected chi connectivity index (χ4v) is 0.861. The van der Waals surface area contributed by atoms with Crippen LogP contribution in [0.4, 0.5) is 0 Å². The van der Waals surface area contributed by atoms with Crippen molar-refractivity contribution >= 4 is 11.2 Å². The molecule has 5 heteroatoms. The Labute approximate surface area is 61.8 Å². The third-order valence-electron chi connectivity index (χ3n) is 1.38. The van der Waals surface area contributed by atoms with Crippen LogP contribution >= 0.6 is 0 Å². The summed E-state index contributed by atoms with van der Waals surface area (Å²) in [6, 6.07) is 3.46. The SMILES string of the molecule is Cc1ccc2no[n+]([O-])c2n1. The molecule has 0 amide bonds. The first-order chi connectivity index (χ1) is 5.27. The van der Waals surface area contributed by atoms with Crippen molar-refractivity contribution < 1.29 is 9.53 Å². The van der Waals surface area contributed by atoms with Crippen molar-refractivity contribution in [1.82, 2.24) is 10.1 Å². The second-order valence-corrected chi connectivity index (χ2v) is 2.23. The van der Waals surface area contributed by atoms with Gasteiger partial charge in [0.2, 0.25) is 5.52 Å². The lowest BCUT2D eigenvalue weighted by Gasteiger charge is -1.85. The summed E-state index contributed by atoms with van der Waals surface area (Å²) in [6.45, 7) is 1.80. The number of rotatable bonds is 0. The number of aromatic nitrogens is 3. The highest BCUT2D eigenvalue weighted by Crippen LogP contribution is 2.03. The Bertz CT molecular complexity index is 396. The number of nitrogens with zero attached hydrogens (tertiary/aromatic N) is 3. The van der Waals surface area contributed by atoms with Gasteiger partial charge in [-0.2, -0.15) is 0 Å². The van der Waals surface area contributed by atoms with Crippen molar-refractivity contribution in [2.75, 3.05) is 0 Å². The lowest BCUT2D eigenvalue weighted by Crippen LogP contribution is -2.23. The van der Waals surface area contributed by atoms with Crippen molar-refractivity contribution in [2.45, 2.75) is 6.92 Å². The molecule has 0 saturated carbocycles. The van der Waals surface area contributed by atoms with Crippen molar-refractivity contribution in [1.29, 1.82) is 0 Å². The second kappa shape index (κ2) is 1.91. The van der Waals surface area contributed by atoms with Crippen LogP contribution < -0.4 is 4.90 Å². The first-order valence-corrected chi connectivity index (χ1v) is 3.10. The van der Waals surface area contributed by atoms with Crippen LogP contribution in [0, 0.1) is 12.1 Å². The molecule has 0 atom stereocenters. The number of fused-ring (bicyclic) bond motifs is 1. The van der Waals surface area contributed by atoms with Crippen LogP contribution in [0.25, 0.3) is 11.2 Å². The van der Waals surface area contributed by atoms with Crippen molar-refractivity contribution in [3.63, 3.8) is 0 Å². The van der Waals surface area contributed by atoms with E-state index in [9.17, 15) is 5.21 Å². The maximum absolute atomic E-state index is 10.8. The zero-order valence-electron chi connectivity index (χ0n) is 5.81. The Hall–Kier alpha value is -1.65. The van der Waals surface area contributed by atoms with E-state index in [0.29, 0.717) is 10.4 Å². The van der Waals surface area contributed by atoms with E-state index in [1.165, 1.54) is 0 Å². The molecule has 2 heterocycles. The predicted octanol–water partition coefficient (Wildman–Crippen LogP) is 0.165. The highest BCUT2D eigenvalue weighted by Gasteiger charge is 2.08. The van der Waals surface area contributed by atoms with E-state index in [4.69, 9.17) is 0 Å². The topological polar surface area (TPSA) is 65.9 Å². The fourth-order valence-electron chi connectivity index (χ4n) is 0.861. The summed E-state index contributed by atoms with van der Waals surface area (Å²) in [4.78, 5) is 4.22. The zero-order valence-corrected chi connectivity index (χ0v) is 5.81. The van der Waals surface area contributed by atoms with Gasteiger partial charge in [0.05, 0.1) is 0 Å². The minimum Gasteiger partial charge on any atom is -0.391 e. The molecule has 0 radical (unpaired) electrons. The van der Waals surface area contributed by atoms with Gasteiger partial charge in [0.25, 0.3) is 0 Å². The van der Waals surface area contributed by atoms with Gasteiger partial charge in [-0.15, -0.1) is 4.98 Å². The van der Waals surface area contributed by atoms with Gasteiger partial charge in [-0.1, -0.05) is 4.90 Å². The molecule has 0 spiro atoms. The normalized spacial score (nSPS) is 10.6. The van der Waals surface area contributed by atoms with Gasteiger partial charge in [-0.3, -0.25) is 0 Å². The van der Waals surface area contributed by atoms with Crippen LogP contribution in [0.15, 0.2) is 16.8 Å². The van der Waals surface area contributed by atoms with Crippen LogP contribution in [-0.4, -0.2) is 10.1 Å². The van der Waals surface area contributed by atoms with Crippen LogP contribution in [0.5, 0.6) is 0 Å². The first kappa shape index (κ1) is 6.09. The number of hydrogen-bond donors (Lipinski definition) is 0. The lowest BCUT2D eigenvalue weighted by atomic mass is 10.3. The molecule has 0 aliphatic rings. The largest absolute Gasteiger partial charge is 0.391 e. The van der Waals surface area contributed by atoms with E-state index < -0.39 is 0 Å². The maximum atomic E-state index is 10.8. The average Bonchev–Trinajstić information content (AvgIpc) is 2.33. The molecule has 0 aromatic carbocycles. The zero-order chi connectivity index (χ0) is 7.84. The molecular weight excluding hydrogens is 146 g/mol. The summed E-state index contributed by atoms with van der Waals surface area (Å²) in [5.41, 5.74) is 1.47. The predicted molar refractivity (Wildman–Crippen MR) is 35.5 cm³/mol. The quantitative estimate of drug-likeness (QED) is 0.503. The van der Waals surface area contributed by atoms with E-state index in [1.54, 1.807) is 19.1 Å². The Morgan fingerprint density at radius 1 is 1.55 bits per heavy atom. The third kappa shape index (κ3) is 0.813.